The minimum Gasteiger partial charge on any atom is -0.492 e. The van der Waals surface area contributed by atoms with Crippen molar-refractivity contribution in [2.75, 3.05) is 13.2 Å². The van der Waals surface area contributed by atoms with E-state index >= 15 is 0 Å². The topological polar surface area (TPSA) is 38.5 Å². The number of hydrogen-bond donors (Lipinski definition) is 1. The van der Waals surface area contributed by atoms with Crippen LogP contribution in [0.25, 0.3) is 0 Å². The van der Waals surface area contributed by atoms with E-state index in [0.29, 0.717) is 12.0 Å². The molecular formula is C16H24N2O. The zero-order valence-electron chi connectivity index (χ0n) is 11.9. The molecule has 1 saturated carbocycles. The molecular weight excluding hydrogens is 236 g/mol. The van der Waals surface area contributed by atoms with Gasteiger partial charge in [-0.1, -0.05) is 32.0 Å². The Bertz CT molecular complexity index is 442. The van der Waals surface area contributed by atoms with Crippen molar-refractivity contribution in [3.63, 3.8) is 0 Å². The highest BCUT2D eigenvalue weighted by Gasteiger charge is 2.39. The third kappa shape index (κ3) is 2.63. The Morgan fingerprint density at radius 2 is 2.05 bits per heavy atom. The summed E-state index contributed by atoms with van der Waals surface area (Å²) >= 11 is 0. The number of nitrogens with two attached hydrogens (primary N) is 1. The van der Waals surface area contributed by atoms with Gasteiger partial charge in [0.05, 0.1) is 12.1 Å². The monoisotopic (exact) mass is 260 g/mol. The molecule has 3 heteroatoms. The molecule has 1 fully saturated rings. The fourth-order valence-corrected chi connectivity index (χ4v) is 3.06. The average Bonchev–Trinajstić information content (AvgIpc) is 3.21. The molecule has 0 radical (unpaired) electrons. The van der Waals surface area contributed by atoms with Crippen molar-refractivity contribution in [2.45, 2.75) is 44.8 Å². The number of rotatable bonds is 4. The molecule has 0 spiro atoms. The Balaban J connectivity index is 1.81. The van der Waals surface area contributed by atoms with Crippen LogP contribution in [0, 0.1) is 5.92 Å². The molecule has 1 aromatic carbocycles. The normalized spacial score (nSPS) is 26.4. The predicted octanol–water partition coefficient (Wildman–Crippen LogP) is 2.57. The van der Waals surface area contributed by atoms with Crippen LogP contribution < -0.4 is 10.5 Å². The van der Waals surface area contributed by atoms with Gasteiger partial charge in [0.15, 0.2) is 0 Å². The molecule has 0 amide bonds. The number of fused-ring (bicyclic) bond motifs is 1. The Kier molecular flexibility index (Phi) is 3.50. The second-order valence-electron chi connectivity index (χ2n) is 6.26. The summed E-state index contributed by atoms with van der Waals surface area (Å²) in [7, 11) is 0. The molecule has 0 aromatic heterocycles. The highest BCUT2D eigenvalue weighted by molar-refractivity contribution is 5.38. The summed E-state index contributed by atoms with van der Waals surface area (Å²) in [5.41, 5.74) is 7.67. The Hall–Kier alpha value is -1.06. The Morgan fingerprint density at radius 1 is 1.32 bits per heavy atom. The van der Waals surface area contributed by atoms with Crippen LogP contribution in [0.3, 0.4) is 0 Å². The molecule has 3 rings (SSSR count). The number of hydrogen-bond acceptors (Lipinski definition) is 3. The maximum Gasteiger partial charge on any atom is 0.124 e. The van der Waals surface area contributed by atoms with Gasteiger partial charge in [0.1, 0.15) is 12.4 Å². The van der Waals surface area contributed by atoms with Crippen LogP contribution in [0.4, 0.5) is 0 Å². The summed E-state index contributed by atoms with van der Waals surface area (Å²) in [6.07, 6.45) is 2.63. The van der Waals surface area contributed by atoms with Crippen LogP contribution >= 0.6 is 0 Å². The van der Waals surface area contributed by atoms with Crippen LogP contribution in [-0.2, 0) is 0 Å². The third-order valence-corrected chi connectivity index (χ3v) is 4.12. The van der Waals surface area contributed by atoms with Crippen LogP contribution in [0.5, 0.6) is 5.75 Å². The summed E-state index contributed by atoms with van der Waals surface area (Å²) in [4.78, 5) is 2.59. The van der Waals surface area contributed by atoms with E-state index in [1.54, 1.807) is 0 Å². The smallest absolute Gasteiger partial charge is 0.124 e. The second kappa shape index (κ2) is 5.14. The summed E-state index contributed by atoms with van der Waals surface area (Å²) in [6, 6.07) is 9.32. The molecule has 1 aliphatic carbocycles. The number of nitrogens with zero attached hydrogens (tertiary/aromatic N) is 1. The van der Waals surface area contributed by atoms with Crippen LogP contribution in [-0.4, -0.2) is 30.1 Å². The lowest BCUT2D eigenvalue weighted by Gasteiger charge is -2.40. The molecule has 1 heterocycles. The van der Waals surface area contributed by atoms with Gasteiger partial charge in [0.25, 0.3) is 0 Å². The Morgan fingerprint density at radius 3 is 2.74 bits per heavy atom. The van der Waals surface area contributed by atoms with E-state index in [2.05, 4.69) is 24.8 Å². The standard InChI is InChI=1S/C16H24N2O/c1-11(2)9-18(12-7-8-12)14-10-19-15-6-4-3-5-13(15)16(14)17/h3-6,11-12,14,16H,7-10,17H2,1-2H3. The van der Waals surface area contributed by atoms with E-state index in [0.717, 1.165) is 30.5 Å². The lowest BCUT2D eigenvalue weighted by Crippen LogP contribution is -2.50. The predicted molar refractivity (Wildman–Crippen MR) is 77.2 cm³/mol. The second-order valence-corrected chi connectivity index (χ2v) is 6.26. The van der Waals surface area contributed by atoms with E-state index in [1.807, 2.05) is 18.2 Å². The largest absolute Gasteiger partial charge is 0.492 e. The first-order valence-corrected chi connectivity index (χ1v) is 7.40. The van der Waals surface area contributed by atoms with Gasteiger partial charge in [-0.3, -0.25) is 4.90 Å². The number of para-hydroxylation sites is 1. The summed E-state index contributed by atoms with van der Waals surface area (Å²) in [6.45, 7) is 6.40. The van der Waals surface area contributed by atoms with E-state index < -0.39 is 0 Å². The van der Waals surface area contributed by atoms with Gasteiger partial charge in [0, 0.05) is 18.2 Å². The van der Waals surface area contributed by atoms with E-state index in [-0.39, 0.29) is 6.04 Å². The van der Waals surface area contributed by atoms with Crippen molar-refractivity contribution < 1.29 is 4.74 Å². The number of benzene rings is 1. The lowest BCUT2D eigenvalue weighted by atomic mass is 9.95. The quantitative estimate of drug-likeness (QED) is 0.904. The van der Waals surface area contributed by atoms with Crippen molar-refractivity contribution in [1.29, 1.82) is 0 Å². The molecule has 2 unspecified atom stereocenters. The van der Waals surface area contributed by atoms with E-state index in [9.17, 15) is 0 Å². The first-order chi connectivity index (χ1) is 9.16. The zero-order valence-corrected chi connectivity index (χ0v) is 11.9. The molecule has 3 nitrogen and oxygen atoms in total. The molecule has 1 aliphatic heterocycles. The molecule has 104 valence electrons. The van der Waals surface area contributed by atoms with Crippen molar-refractivity contribution in [2.24, 2.45) is 11.7 Å². The van der Waals surface area contributed by atoms with Gasteiger partial charge in [-0.15, -0.1) is 0 Å². The summed E-state index contributed by atoms with van der Waals surface area (Å²) in [5.74, 6) is 1.64. The molecule has 0 bridgehead atoms. The van der Waals surface area contributed by atoms with Gasteiger partial charge in [0.2, 0.25) is 0 Å². The van der Waals surface area contributed by atoms with Gasteiger partial charge < -0.3 is 10.5 Å². The SMILES string of the molecule is CC(C)CN(C1CC1)C1COc2ccccc2C1N. The molecule has 2 N–H and O–H groups in total. The highest BCUT2D eigenvalue weighted by atomic mass is 16.5. The van der Waals surface area contributed by atoms with Crippen LogP contribution in [0.15, 0.2) is 24.3 Å². The average molecular weight is 260 g/mol. The molecule has 0 saturated heterocycles. The van der Waals surface area contributed by atoms with E-state index in [1.165, 1.54) is 12.8 Å². The number of ether oxygens (including phenoxy) is 1. The van der Waals surface area contributed by atoms with Crippen LogP contribution in [0.1, 0.15) is 38.3 Å². The van der Waals surface area contributed by atoms with Gasteiger partial charge >= 0.3 is 0 Å². The minimum absolute atomic E-state index is 0.0734. The van der Waals surface area contributed by atoms with Crippen molar-refractivity contribution >= 4 is 0 Å². The van der Waals surface area contributed by atoms with Crippen molar-refractivity contribution in [1.82, 2.24) is 4.90 Å². The van der Waals surface area contributed by atoms with Crippen LogP contribution in [0.2, 0.25) is 0 Å². The molecule has 19 heavy (non-hydrogen) atoms. The third-order valence-electron chi connectivity index (χ3n) is 4.12. The van der Waals surface area contributed by atoms with Crippen molar-refractivity contribution in [3.05, 3.63) is 29.8 Å². The highest BCUT2D eigenvalue weighted by Crippen LogP contribution is 2.37. The minimum atomic E-state index is 0.0734. The fraction of sp³-hybridized carbons (Fsp3) is 0.625. The first-order valence-electron chi connectivity index (χ1n) is 7.40. The molecule has 2 atom stereocenters. The molecule has 1 aromatic rings. The zero-order chi connectivity index (χ0) is 13.4. The lowest BCUT2D eigenvalue weighted by molar-refractivity contribution is 0.0809. The Labute approximate surface area is 115 Å². The fourth-order valence-electron chi connectivity index (χ4n) is 3.06. The van der Waals surface area contributed by atoms with Crippen molar-refractivity contribution in [3.8, 4) is 5.75 Å². The first kappa shape index (κ1) is 12.9. The van der Waals surface area contributed by atoms with Gasteiger partial charge in [-0.2, -0.15) is 0 Å². The molecule has 2 aliphatic rings. The van der Waals surface area contributed by atoms with E-state index in [4.69, 9.17) is 10.5 Å². The van der Waals surface area contributed by atoms with Gasteiger partial charge in [-0.05, 0) is 24.8 Å². The maximum absolute atomic E-state index is 6.51. The summed E-state index contributed by atoms with van der Waals surface area (Å²) < 4.78 is 5.93. The van der Waals surface area contributed by atoms with Gasteiger partial charge in [-0.25, -0.2) is 0 Å². The maximum atomic E-state index is 6.51. The summed E-state index contributed by atoms with van der Waals surface area (Å²) in [5, 5.41) is 0.